The molecule has 0 aliphatic heterocycles. The molecule has 0 N–H and O–H groups in total. The first-order chi connectivity index (χ1) is 12.3. The number of aromatic nitrogens is 3. The Labute approximate surface area is 154 Å². The van der Waals surface area contributed by atoms with Gasteiger partial charge in [-0.25, -0.2) is 4.98 Å². The zero-order chi connectivity index (χ0) is 18.9. The van der Waals surface area contributed by atoms with Crippen LogP contribution in [0.1, 0.15) is 5.56 Å². The van der Waals surface area contributed by atoms with E-state index in [4.69, 9.17) is 27.9 Å². The van der Waals surface area contributed by atoms with Gasteiger partial charge in [0.15, 0.2) is 0 Å². The average molecular weight is 402 g/mol. The molecule has 0 radical (unpaired) electrons. The zero-order valence-corrected chi connectivity index (χ0v) is 14.2. The highest BCUT2D eigenvalue weighted by atomic mass is 35.5. The molecule has 0 unspecified atom stereocenters. The molecule has 134 valence electrons. The predicted octanol–water partition coefficient (Wildman–Crippen LogP) is 4.75. The highest BCUT2D eigenvalue weighted by molar-refractivity contribution is 6.36. The summed E-state index contributed by atoms with van der Waals surface area (Å²) >= 11 is 12.1. The second-order valence-corrected chi connectivity index (χ2v) is 5.81. The van der Waals surface area contributed by atoms with Gasteiger partial charge >= 0.3 is 6.18 Å². The summed E-state index contributed by atoms with van der Waals surface area (Å²) in [4.78, 5) is 16.0. The lowest BCUT2D eigenvalue weighted by atomic mass is 10.2. The van der Waals surface area contributed by atoms with E-state index in [0.29, 0.717) is 12.3 Å². The lowest BCUT2D eigenvalue weighted by Gasteiger charge is -2.12. The van der Waals surface area contributed by atoms with E-state index in [1.807, 2.05) is 0 Å². The Kier molecular flexibility index (Phi) is 4.88. The summed E-state index contributed by atoms with van der Waals surface area (Å²) < 4.78 is 44.3. The fourth-order valence-corrected chi connectivity index (χ4v) is 2.53. The van der Waals surface area contributed by atoms with Gasteiger partial charge in [-0.2, -0.15) is 23.0 Å². The fourth-order valence-electron chi connectivity index (χ4n) is 2.02. The lowest BCUT2D eigenvalue weighted by molar-refractivity contribution is -0.138. The van der Waals surface area contributed by atoms with Gasteiger partial charge in [0.2, 0.25) is 5.88 Å². The number of rotatable bonds is 3. The normalized spacial score (nSPS) is 11.4. The van der Waals surface area contributed by atoms with Crippen LogP contribution in [0, 0.1) is 0 Å². The topological polar surface area (TPSA) is 57.0 Å². The number of alkyl halides is 3. The number of ether oxygens (including phenoxy) is 1. The van der Waals surface area contributed by atoms with Crippen molar-refractivity contribution in [1.29, 1.82) is 0 Å². The third kappa shape index (κ3) is 3.81. The first kappa shape index (κ1) is 18.2. The minimum atomic E-state index is -4.68. The van der Waals surface area contributed by atoms with Crippen molar-refractivity contribution in [3.8, 4) is 17.3 Å². The van der Waals surface area contributed by atoms with Gasteiger partial charge in [0, 0.05) is 24.4 Å². The van der Waals surface area contributed by atoms with E-state index in [9.17, 15) is 18.0 Å². The van der Waals surface area contributed by atoms with Gasteiger partial charge in [-0.15, -0.1) is 0 Å². The van der Waals surface area contributed by atoms with Gasteiger partial charge in [-0.05, 0) is 12.1 Å². The Bertz CT molecular complexity index is 1010. The summed E-state index contributed by atoms with van der Waals surface area (Å²) in [5, 5.41) is 3.68. The van der Waals surface area contributed by atoms with Gasteiger partial charge in [-0.1, -0.05) is 29.3 Å². The maximum atomic E-state index is 12.7. The fraction of sp³-hybridized carbons (Fsp3) is 0.0625. The van der Waals surface area contributed by atoms with Crippen molar-refractivity contribution in [2.24, 2.45) is 0 Å². The molecule has 5 nitrogen and oxygen atoms in total. The smallest absolute Gasteiger partial charge is 0.418 e. The van der Waals surface area contributed by atoms with E-state index in [2.05, 4.69) is 10.1 Å². The van der Waals surface area contributed by atoms with Gasteiger partial charge in [0.1, 0.15) is 5.75 Å². The van der Waals surface area contributed by atoms with Crippen LogP contribution < -0.4 is 10.3 Å². The van der Waals surface area contributed by atoms with Gasteiger partial charge in [-0.3, -0.25) is 4.79 Å². The molecule has 0 saturated carbocycles. The molecule has 0 saturated heterocycles. The summed E-state index contributed by atoms with van der Waals surface area (Å²) in [7, 11) is 0. The largest absolute Gasteiger partial charge is 0.437 e. The van der Waals surface area contributed by atoms with Gasteiger partial charge in [0.25, 0.3) is 5.56 Å². The van der Waals surface area contributed by atoms with E-state index >= 15 is 0 Å². The van der Waals surface area contributed by atoms with Crippen molar-refractivity contribution in [2.45, 2.75) is 6.18 Å². The number of hydrogen-bond acceptors (Lipinski definition) is 4. The molecule has 0 amide bonds. The Morgan fingerprint density at radius 3 is 2.46 bits per heavy atom. The Hall–Kier alpha value is -2.58. The van der Waals surface area contributed by atoms with Crippen LogP contribution in [0.5, 0.6) is 11.6 Å². The molecule has 0 bridgehead atoms. The van der Waals surface area contributed by atoms with E-state index in [-0.39, 0.29) is 27.4 Å². The van der Waals surface area contributed by atoms with Gasteiger partial charge in [0.05, 0.1) is 27.5 Å². The van der Waals surface area contributed by atoms with Crippen molar-refractivity contribution < 1.29 is 17.9 Å². The third-order valence-corrected chi connectivity index (χ3v) is 3.81. The third-order valence-electron chi connectivity index (χ3n) is 3.21. The molecule has 2 aromatic heterocycles. The summed E-state index contributed by atoms with van der Waals surface area (Å²) in [6, 6.07) is 7.97. The maximum absolute atomic E-state index is 12.7. The Morgan fingerprint density at radius 1 is 1.08 bits per heavy atom. The molecule has 0 aliphatic rings. The van der Waals surface area contributed by atoms with Crippen LogP contribution in [-0.2, 0) is 6.18 Å². The molecule has 1 aromatic carbocycles. The van der Waals surface area contributed by atoms with Crippen molar-refractivity contribution in [3.63, 3.8) is 0 Å². The first-order valence-corrected chi connectivity index (χ1v) is 7.76. The number of nitrogens with zero attached hydrogens (tertiary/aromatic N) is 3. The second kappa shape index (κ2) is 6.97. The van der Waals surface area contributed by atoms with E-state index < -0.39 is 17.3 Å². The maximum Gasteiger partial charge on any atom is 0.418 e. The van der Waals surface area contributed by atoms with Crippen molar-refractivity contribution in [3.05, 3.63) is 74.8 Å². The van der Waals surface area contributed by atoms with Gasteiger partial charge < -0.3 is 4.74 Å². The Balaban J connectivity index is 2.06. The molecule has 0 spiro atoms. The number of benzene rings is 1. The molecule has 3 aromatic rings. The Morgan fingerprint density at radius 2 is 1.85 bits per heavy atom. The van der Waals surface area contributed by atoms with E-state index in [1.54, 1.807) is 18.2 Å². The molecule has 0 aliphatic carbocycles. The summed E-state index contributed by atoms with van der Waals surface area (Å²) in [6.45, 7) is 0. The number of halogens is 5. The molecule has 10 heteroatoms. The number of hydrogen-bond donors (Lipinski definition) is 0. The minimum absolute atomic E-state index is 0.0118. The van der Waals surface area contributed by atoms with E-state index in [0.717, 1.165) is 4.68 Å². The number of pyridine rings is 1. The lowest BCUT2D eigenvalue weighted by Crippen LogP contribution is -2.23. The average Bonchev–Trinajstić information content (AvgIpc) is 2.58. The predicted molar refractivity (Wildman–Crippen MR) is 89.2 cm³/mol. The van der Waals surface area contributed by atoms with Crippen molar-refractivity contribution in [2.75, 3.05) is 0 Å². The highest BCUT2D eigenvalue weighted by Gasteiger charge is 2.31. The molecular formula is C16H8Cl2F3N3O2. The molecule has 0 atom stereocenters. The molecular weight excluding hydrogens is 394 g/mol. The molecule has 3 rings (SSSR count). The van der Waals surface area contributed by atoms with Crippen LogP contribution in [0.25, 0.3) is 5.69 Å². The second-order valence-electron chi connectivity index (χ2n) is 5.00. The van der Waals surface area contributed by atoms with Crippen LogP contribution in [0.3, 0.4) is 0 Å². The van der Waals surface area contributed by atoms with Crippen LogP contribution >= 0.6 is 23.2 Å². The standard InChI is InChI=1S/C16H8Cl2F3N3O2/c17-10-6-11(18)13(26-14-3-1-2-4-22-14)7-12(10)24-15(25)5-9(8-23-24)16(19,20)21/h1-8H. The first-order valence-electron chi connectivity index (χ1n) is 7.00. The van der Waals surface area contributed by atoms with Crippen LogP contribution in [0.2, 0.25) is 10.0 Å². The summed E-state index contributed by atoms with van der Waals surface area (Å²) in [6.07, 6.45) is -2.64. The summed E-state index contributed by atoms with van der Waals surface area (Å²) in [5.74, 6) is 0.341. The van der Waals surface area contributed by atoms with Crippen molar-refractivity contribution >= 4 is 23.2 Å². The van der Waals surface area contributed by atoms with E-state index in [1.165, 1.54) is 18.3 Å². The molecule has 0 fully saturated rings. The minimum Gasteiger partial charge on any atom is -0.437 e. The van der Waals surface area contributed by atoms with Crippen LogP contribution in [-0.4, -0.2) is 14.8 Å². The summed E-state index contributed by atoms with van der Waals surface area (Å²) in [5.41, 5.74) is -2.15. The highest BCUT2D eigenvalue weighted by Crippen LogP contribution is 2.35. The van der Waals surface area contributed by atoms with Crippen LogP contribution in [0.15, 0.2) is 53.6 Å². The van der Waals surface area contributed by atoms with Crippen molar-refractivity contribution in [1.82, 2.24) is 14.8 Å². The monoisotopic (exact) mass is 401 g/mol. The molecule has 26 heavy (non-hydrogen) atoms. The quantitative estimate of drug-likeness (QED) is 0.635. The molecule has 2 heterocycles. The van der Waals surface area contributed by atoms with Crippen LogP contribution in [0.4, 0.5) is 13.2 Å². The zero-order valence-electron chi connectivity index (χ0n) is 12.7. The SMILES string of the molecule is O=c1cc(C(F)(F)F)cnn1-c1cc(Oc2ccccn2)c(Cl)cc1Cl.